The Balaban J connectivity index is 2.34. The molecule has 0 saturated heterocycles. The molecule has 1 N–H and O–H groups in total. The second-order valence-corrected chi connectivity index (χ2v) is 6.16. The molecular formula is C13H19NO3S. The zero-order valence-electron chi connectivity index (χ0n) is 11.0. The topological polar surface area (TPSA) is 59.4 Å². The number of hydrogen-bond donors (Lipinski definition) is 1. The molecule has 100 valence electrons. The van der Waals surface area contributed by atoms with Crippen LogP contribution in [0.25, 0.3) is 0 Å². The maximum Gasteiger partial charge on any atom is 0.312 e. The predicted octanol–water partition coefficient (Wildman–Crippen LogP) is 2.99. The van der Waals surface area contributed by atoms with Crippen LogP contribution in [0.4, 0.5) is 0 Å². The molecule has 2 rings (SSSR count). The van der Waals surface area contributed by atoms with Crippen LogP contribution in [0.3, 0.4) is 0 Å². The van der Waals surface area contributed by atoms with Crippen molar-refractivity contribution >= 4 is 17.3 Å². The van der Waals surface area contributed by atoms with Crippen LogP contribution in [-0.2, 0) is 16.0 Å². The molecule has 2 unspecified atom stereocenters. The maximum absolute atomic E-state index is 11.2. The normalized spacial score (nSPS) is 20.8. The first-order chi connectivity index (χ1) is 8.54. The van der Waals surface area contributed by atoms with Crippen LogP contribution in [-0.4, -0.2) is 23.2 Å². The Bertz CT molecular complexity index is 441. The standard InChI is InChI=1S/C13H19NO3S/c1-7(2)11(17-3)12-14-10-8(13(15)16)5-4-6-9(10)18-12/h7-8,11H,4-6H2,1-3H3,(H,15,16). The van der Waals surface area contributed by atoms with Gasteiger partial charge in [-0.15, -0.1) is 11.3 Å². The van der Waals surface area contributed by atoms with Crippen molar-refractivity contribution in [2.75, 3.05) is 7.11 Å². The van der Waals surface area contributed by atoms with Crippen molar-refractivity contribution in [3.8, 4) is 0 Å². The highest BCUT2D eigenvalue weighted by Gasteiger charge is 2.31. The molecule has 4 nitrogen and oxygen atoms in total. The van der Waals surface area contributed by atoms with Crippen molar-refractivity contribution in [3.63, 3.8) is 0 Å². The monoisotopic (exact) mass is 269 g/mol. The number of carboxylic acids is 1. The molecule has 0 amide bonds. The van der Waals surface area contributed by atoms with E-state index in [9.17, 15) is 9.90 Å². The van der Waals surface area contributed by atoms with Crippen LogP contribution < -0.4 is 0 Å². The molecule has 0 aromatic carbocycles. The van der Waals surface area contributed by atoms with E-state index in [1.165, 1.54) is 0 Å². The van der Waals surface area contributed by atoms with E-state index < -0.39 is 11.9 Å². The first-order valence-corrected chi connectivity index (χ1v) is 7.11. The Labute approximate surface area is 111 Å². The summed E-state index contributed by atoms with van der Waals surface area (Å²) >= 11 is 1.62. The SMILES string of the molecule is COC(c1nc2c(s1)CCCC2C(=O)O)C(C)C. The Morgan fingerprint density at radius 1 is 1.56 bits per heavy atom. The van der Waals surface area contributed by atoms with Gasteiger partial charge in [0.05, 0.1) is 11.6 Å². The highest BCUT2D eigenvalue weighted by Crippen LogP contribution is 2.38. The van der Waals surface area contributed by atoms with E-state index in [4.69, 9.17) is 4.74 Å². The number of rotatable bonds is 4. The minimum absolute atomic E-state index is 0.0324. The number of hydrogen-bond acceptors (Lipinski definition) is 4. The molecule has 1 heterocycles. The summed E-state index contributed by atoms with van der Waals surface area (Å²) < 4.78 is 5.47. The molecule has 2 atom stereocenters. The molecule has 1 aliphatic carbocycles. The summed E-state index contributed by atoms with van der Waals surface area (Å²) in [5, 5.41) is 10.2. The Kier molecular flexibility index (Phi) is 4.02. The van der Waals surface area contributed by atoms with E-state index in [0.29, 0.717) is 12.3 Å². The molecule has 0 aliphatic heterocycles. The van der Waals surface area contributed by atoms with Crippen molar-refractivity contribution in [3.05, 3.63) is 15.6 Å². The fourth-order valence-electron chi connectivity index (χ4n) is 2.46. The number of aliphatic carboxylic acids is 1. The summed E-state index contributed by atoms with van der Waals surface area (Å²) in [5.74, 6) is -0.847. The van der Waals surface area contributed by atoms with Crippen molar-refractivity contribution in [2.24, 2.45) is 5.92 Å². The molecule has 18 heavy (non-hydrogen) atoms. The van der Waals surface area contributed by atoms with E-state index in [-0.39, 0.29) is 6.10 Å². The molecule has 5 heteroatoms. The molecular weight excluding hydrogens is 250 g/mol. The van der Waals surface area contributed by atoms with Gasteiger partial charge in [-0.3, -0.25) is 4.79 Å². The molecule has 0 radical (unpaired) electrons. The Hall–Kier alpha value is -0.940. The zero-order valence-corrected chi connectivity index (χ0v) is 11.8. The third kappa shape index (κ3) is 2.42. The number of thiazole rings is 1. The lowest BCUT2D eigenvalue weighted by Gasteiger charge is -2.17. The third-order valence-electron chi connectivity index (χ3n) is 3.37. The van der Waals surface area contributed by atoms with Crippen molar-refractivity contribution in [1.29, 1.82) is 0 Å². The highest BCUT2D eigenvalue weighted by molar-refractivity contribution is 7.11. The number of aromatic nitrogens is 1. The number of carbonyl (C=O) groups is 1. The van der Waals surface area contributed by atoms with Crippen LogP contribution in [0.5, 0.6) is 0 Å². The number of ether oxygens (including phenoxy) is 1. The van der Waals surface area contributed by atoms with Gasteiger partial charge in [-0.1, -0.05) is 13.8 Å². The van der Waals surface area contributed by atoms with Crippen LogP contribution in [0.1, 0.15) is 54.3 Å². The van der Waals surface area contributed by atoms with E-state index in [2.05, 4.69) is 18.8 Å². The minimum atomic E-state index is -0.758. The summed E-state index contributed by atoms with van der Waals surface area (Å²) in [6, 6.07) is 0. The average molecular weight is 269 g/mol. The quantitative estimate of drug-likeness (QED) is 0.913. The summed E-state index contributed by atoms with van der Waals surface area (Å²) in [6.07, 6.45) is 2.55. The number of carboxylic acid groups (broad SMARTS) is 1. The molecule has 0 saturated carbocycles. The average Bonchev–Trinajstić information content (AvgIpc) is 2.71. The number of methoxy groups -OCH3 is 1. The Morgan fingerprint density at radius 2 is 2.28 bits per heavy atom. The van der Waals surface area contributed by atoms with Crippen LogP contribution in [0.15, 0.2) is 0 Å². The summed E-state index contributed by atoms with van der Waals surface area (Å²) in [7, 11) is 1.68. The minimum Gasteiger partial charge on any atom is -0.481 e. The van der Waals surface area contributed by atoms with E-state index in [1.54, 1.807) is 18.4 Å². The first-order valence-electron chi connectivity index (χ1n) is 6.29. The molecule has 0 fully saturated rings. The van der Waals surface area contributed by atoms with Gasteiger partial charge in [-0.25, -0.2) is 4.98 Å². The van der Waals surface area contributed by atoms with Crippen molar-refractivity contribution in [2.45, 2.75) is 45.1 Å². The van der Waals surface area contributed by atoms with E-state index in [1.807, 2.05) is 0 Å². The zero-order chi connectivity index (χ0) is 13.3. The molecule has 0 bridgehead atoms. The second-order valence-electron chi connectivity index (χ2n) is 5.04. The largest absolute Gasteiger partial charge is 0.481 e. The highest BCUT2D eigenvalue weighted by atomic mass is 32.1. The summed E-state index contributed by atoms with van der Waals surface area (Å²) in [5.41, 5.74) is 0.774. The van der Waals surface area contributed by atoms with E-state index in [0.717, 1.165) is 28.4 Å². The van der Waals surface area contributed by atoms with Crippen LogP contribution in [0, 0.1) is 5.92 Å². The lowest BCUT2D eigenvalue weighted by molar-refractivity contribution is -0.139. The summed E-state index contributed by atoms with van der Waals surface area (Å²) in [6.45, 7) is 4.17. The Morgan fingerprint density at radius 3 is 2.83 bits per heavy atom. The predicted molar refractivity (Wildman–Crippen MR) is 70.0 cm³/mol. The van der Waals surface area contributed by atoms with Gasteiger partial charge < -0.3 is 9.84 Å². The van der Waals surface area contributed by atoms with Gasteiger partial charge in [0, 0.05) is 12.0 Å². The first kappa shape index (κ1) is 13.5. The van der Waals surface area contributed by atoms with Gasteiger partial charge in [-0.05, 0) is 25.2 Å². The van der Waals surface area contributed by atoms with Gasteiger partial charge in [0.1, 0.15) is 11.1 Å². The third-order valence-corrected chi connectivity index (χ3v) is 4.56. The van der Waals surface area contributed by atoms with Crippen molar-refractivity contribution < 1.29 is 14.6 Å². The van der Waals surface area contributed by atoms with Crippen LogP contribution in [0.2, 0.25) is 0 Å². The number of aryl methyl sites for hydroxylation is 1. The number of fused-ring (bicyclic) bond motifs is 1. The maximum atomic E-state index is 11.2. The molecule has 1 aromatic heterocycles. The fraction of sp³-hybridized carbons (Fsp3) is 0.692. The fourth-order valence-corrected chi connectivity index (χ4v) is 3.88. The van der Waals surface area contributed by atoms with Gasteiger partial charge >= 0.3 is 5.97 Å². The van der Waals surface area contributed by atoms with Crippen molar-refractivity contribution in [1.82, 2.24) is 4.98 Å². The second kappa shape index (κ2) is 5.36. The van der Waals surface area contributed by atoms with Gasteiger partial charge in [0.15, 0.2) is 0 Å². The van der Waals surface area contributed by atoms with Gasteiger partial charge in [-0.2, -0.15) is 0 Å². The molecule has 0 spiro atoms. The lowest BCUT2D eigenvalue weighted by Crippen LogP contribution is -2.17. The summed E-state index contributed by atoms with van der Waals surface area (Å²) in [4.78, 5) is 16.9. The van der Waals surface area contributed by atoms with E-state index >= 15 is 0 Å². The number of nitrogens with zero attached hydrogens (tertiary/aromatic N) is 1. The van der Waals surface area contributed by atoms with Crippen LogP contribution >= 0.6 is 11.3 Å². The smallest absolute Gasteiger partial charge is 0.312 e. The van der Waals surface area contributed by atoms with Gasteiger partial charge in [0.2, 0.25) is 0 Å². The van der Waals surface area contributed by atoms with Gasteiger partial charge in [0.25, 0.3) is 0 Å². The lowest BCUT2D eigenvalue weighted by atomic mass is 9.91. The molecule has 1 aliphatic rings. The molecule has 1 aromatic rings.